The lowest BCUT2D eigenvalue weighted by Gasteiger charge is -2.36. The quantitative estimate of drug-likeness (QED) is 0.845. The van der Waals surface area contributed by atoms with Gasteiger partial charge < -0.3 is 9.80 Å². The van der Waals surface area contributed by atoms with Crippen LogP contribution in [0.5, 0.6) is 0 Å². The average Bonchev–Trinajstić information content (AvgIpc) is 2.98. The molecule has 2 amide bonds. The second kappa shape index (κ2) is 6.85. The summed E-state index contributed by atoms with van der Waals surface area (Å²) in [5.74, 6) is 0.216. The number of hydrogen-bond acceptors (Lipinski definition) is 4. The molecule has 0 aliphatic carbocycles. The Bertz CT molecular complexity index is 534. The molecule has 0 spiro atoms. The molecule has 0 N–H and O–H groups in total. The van der Waals surface area contributed by atoms with Gasteiger partial charge in [0.25, 0.3) is 5.91 Å². The Kier molecular flexibility index (Phi) is 4.65. The van der Waals surface area contributed by atoms with Gasteiger partial charge in [0.15, 0.2) is 5.69 Å². The van der Waals surface area contributed by atoms with Gasteiger partial charge >= 0.3 is 0 Å². The van der Waals surface area contributed by atoms with Crippen LogP contribution in [0.15, 0.2) is 18.3 Å². The lowest BCUT2D eigenvalue weighted by atomic mass is 9.98. The van der Waals surface area contributed by atoms with Crippen LogP contribution in [0.1, 0.15) is 49.0 Å². The molecular weight excluding hydrogens is 280 g/mol. The molecule has 0 saturated carbocycles. The molecule has 1 atom stereocenters. The fraction of sp³-hybridized carbons (Fsp3) is 0.625. The molecule has 22 heavy (non-hydrogen) atoms. The highest BCUT2D eigenvalue weighted by atomic mass is 16.2. The van der Waals surface area contributed by atoms with E-state index < -0.39 is 0 Å². The van der Waals surface area contributed by atoms with Crippen LogP contribution in [-0.2, 0) is 4.79 Å². The van der Waals surface area contributed by atoms with Gasteiger partial charge in [-0.1, -0.05) is 0 Å². The van der Waals surface area contributed by atoms with Crippen molar-refractivity contribution in [2.75, 3.05) is 19.6 Å². The highest BCUT2D eigenvalue weighted by molar-refractivity contribution is 5.92. The Balaban J connectivity index is 1.63. The summed E-state index contributed by atoms with van der Waals surface area (Å²) in [4.78, 5) is 28.2. The predicted molar refractivity (Wildman–Crippen MR) is 81.1 cm³/mol. The van der Waals surface area contributed by atoms with E-state index in [-0.39, 0.29) is 17.9 Å². The van der Waals surface area contributed by atoms with Gasteiger partial charge in [-0.15, -0.1) is 5.10 Å². The van der Waals surface area contributed by atoms with E-state index in [9.17, 15) is 9.59 Å². The Hall–Kier alpha value is -1.98. The fourth-order valence-electron chi connectivity index (χ4n) is 3.38. The van der Waals surface area contributed by atoms with Gasteiger partial charge in [-0.2, -0.15) is 5.10 Å². The van der Waals surface area contributed by atoms with Crippen molar-refractivity contribution < 1.29 is 9.59 Å². The van der Waals surface area contributed by atoms with E-state index in [0.717, 1.165) is 51.7 Å². The van der Waals surface area contributed by atoms with Crippen LogP contribution >= 0.6 is 0 Å². The Labute approximate surface area is 130 Å². The summed E-state index contributed by atoms with van der Waals surface area (Å²) in [6.45, 7) is 2.39. The molecule has 3 rings (SSSR count). The predicted octanol–water partition coefficient (Wildman–Crippen LogP) is 1.48. The molecule has 2 aliphatic rings. The van der Waals surface area contributed by atoms with Crippen molar-refractivity contribution in [2.45, 2.75) is 44.6 Å². The maximum atomic E-state index is 12.6. The Morgan fingerprint density at radius 1 is 1.27 bits per heavy atom. The number of piperidine rings is 1. The van der Waals surface area contributed by atoms with Crippen LogP contribution in [0.25, 0.3) is 0 Å². The first kappa shape index (κ1) is 14.9. The summed E-state index contributed by atoms with van der Waals surface area (Å²) in [7, 11) is 0. The van der Waals surface area contributed by atoms with Gasteiger partial charge in [0.1, 0.15) is 0 Å². The molecule has 1 aromatic heterocycles. The van der Waals surface area contributed by atoms with E-state index in [2.05, 4.69) is 10.2 Å². The zero-order chi connectivity index (χ0) is 15.4. The number of likely N-dealkylation sites (tertiary alicyclic amines) is 2. The molecule has 0 bridgehead atoms. The van der Waals surface area contributed by atoms with Gasteiger partial charge in [-0.25, -0.2) is 0 Å². The van der Waals surface area contributed by atoms with E-state index >= 15 is 0 Å². The van der Waals surface area contributed by atoms with E-state index in [1.807, 2.05) is 9.80 Å². The highest BCUT2D eigenvalue weighted by Crippen LogP contribution is 2.22. The van der Waals surface area contributed by atoms with Gasteiger partial charge in [-0.3, -0.25) is 9.59 Å². The lowest BCUT2D eigenvalue weighted by Crippen LogP contribution is -2.45. The molecule has 2 saturated heterocycles. The minimum atomic E-state index is -0.0365. The largest absolute Gasteiger partial charge is 0.343 e. The van der Waals surface area contributed by atoms with Crippen LogP contribution in [0.4, 0.5) is 0 Å². The maximum absolute atomic E-state index is 12.6. The van der Waals surface area contributed by atoms with Crippen LogP contribution in [0.2, 0.25) is 0 Å². The highest BCUT2D eigenvalue weighted by Gasteiger charge is 2.29. The molecule has 0 radical (unpaired) electrons. The van der Waals surface area contributed by atoms with Gasteiger partial charge in [0.05, 0.1) is 0 Å². The number of rotatable bonds is 4. The number of aromatic nitrogens is 2. The normalized spacial score (nSPS) is 22.2. The van der Waals surface area contributed by atoms with Crippen LogP contribution in [0, 0.1) is 0 Å². The van der Waals surface area contributed by atoms with Gasteiger partial charge in [0.2, 0.25) is 5.91 Å². The van der Waals surface area contributed by atoms with E-state index in [4.69, 9.17) is 0 Å². The summed E-state index contributed by atoms with van der Waals surface area (Å²) in [6.07, 6.45) is 7.25. The molecular formula is C16H22N4O2. The van der Waals surface area contributed by atoms with Crippen molar-refractivity contribution in [1.29, 1.82) is 0 Å². The second-order valence-electron chi connectivity index (χ2n) is 6.03. The van der Waals surface area contributed by atoms with E-state index in [0.29, 0.717) is 12.1 Å². The summed E-state index contributed by atoms with van der Waals surface area (Å²) in [5.41, 5.74) is 0.409. The topological polar surface area (TPSA) is 66.4 Å². The molecule has 0 unspecified atom stereocenters. The number of nitrogens with zero attached hydrogens (tertiary/aromatic N) is 4. The standard InChI is InChI=1S/C16H22N4O2/c21-15-7-4-10-19(15)12-8-13-5-1-2-11-20(13)16(22)14-6-3-9-17-18-14/h3,6,9,13H,1-2,4-5,7-8,10-12H2/t13-/m1/s1. The molecule has 118 valence electrons. The first-order chi connectivity index (χ1) is 10.8. The second-order valence-corrected chi connectivity index (χ2v) is 6.03. The molecule has 2 aliphatic heterocycles. The van der Waals surface area contributed by atoms with E-state index in [1.54, 1.807) is 18.3 Å². The maximum Gasteiger partial charge on any atom is 0.274 e. The summed E-state index contributed by atoms with van der Waals surface area (Å²) in [6, 6.07) is 3.66. The number of hydrogen-bond donors (Lipinski definition) is 0. The monoisotopic (exact) mass is 302 g/mol. The first-order valence-corrected chi connectivity index (χ1v) is 8.12. The Morgan fingerprint density at radius 2 is 2.18 bits per heavy atom. The molecule has 2 fully saturated rings. The minimum Gasteiger partial charge on any atom is -0.343 e. The zero-order valence-electron chi connectivity index (χ0n) is 12.8. The van der Waals surface area contributed by atoms with Crippen molar-refractivity contribution in [1.82, 2.24) is 20.0 Å². The molecule has 1 aromatic rings. The minimum absolute atomic E-state index is 0.0365. The zero-order valence-corrected chi connectivity index (χ0v) is 12.8. The van der Waals surface area contributed by atoms with Crippen molar-refractivity contribution in [3.8, 4) is 0 Å². The van der Waals surface area contributed by atoms with Crippen LogP contribution < -0.4 is 0 Å². The van der Waals surface area contributed by atoms with Crippen LogP contribution in [-0.4, -0.2) is 57.5 Å². The third-order valence-electron chi connectivity index (χ3n) is 4.58. The van der Waals surface area contributed by atoms with Crippen molar-refractivity contribution in [3.63, 3.8) is 0 Å². The summed E-state index contributed by atoms with van der Waals surface area (Å²) < 4.78 is 0. The third-order valence-corrected chi connectivity index (χ3v) is 4.58. The smallest absolute Gasteiger partial charge is 0.274 e. The Morgan fingerprint density at radius 3 is 2.91 bits per heavy atom. The fourth-order valence-corrected chi connectivity index (χ4v) is 3.38. The van der Waals surface area contributed by atoms with Crippen molar-refractivity contribution in [3.05, 3.63) is 24.0 Å². The van der Waals surface area contributed by atoms with Crippen LogP contribution in [0.3, 0.4) is 0 Å². The molecule has 3 heterocycles. The summed E-state index contributed by atoms with van der Waals surface area (Å²) >= 11 is 0. The SMILES string of the molecule is O=C1CCCN1CC[C@H]1CCCCN1C(=O)c1cccnn1. The molecule has 6 nitrogen and oxygen atoms in total. The first-order valence-electron chi connectivity index (χ1n) is 8.12. The third kappa shape index (κ3) is 3.26. The average molecular weight is 302 g/mol. The number of carbonyl (C=O) groups excluding carboxylic acids is 2. The van der Waals surface area contributed by atoms with Crippen molar-refractivity contribution >= 4 is 11.8 Å². The molecule has 0 aromatic carbocycles. The lowest BCUT2D eigenvalue weighted by molar-refractivity contribution is -0.127. The number of carbonyl (C=O) groups is 2. The van der Waals surface area contributed by atoms with Gasteiger partial charge in [0, 0.05) is 38.3 Å². The number of amides is 2. The summed E-state index contributed by atoms with van der Waals surface area (Å²) in [5, 5.41) is 7.73. The van der Waals surface area contributed by atoms with Crippen molar-refractivity contribution in [2.24, 2.45) is 0 Å². The van der Waals surface area contributed by atoms with Gasteiger partial charge in [-0.05, 0) is 44.2 Å². The van der Waals surface area contributed by atoms with E-state index in [1.165, 1.54) is 0 Å². The molecule has 6 heteroatoms.